The molecule has 0 bridgehead atoms. The van der Waals surface area contributed by atoms with Crippen LogP contribution in [-0.4, -0.2) is 33.3 Å². The Bertz CT molecular complexity index is 414. The van der Waals surface area contributed by atoms with E-state index >= 15 is 0 Å². The summed E-state index contributed by atoms with van der Waals surface area (Å²) in [5.41, 5.74) is 0.158. The molecule has 2 rings (SSSR count). The number of nitrogens with zero attached hydrogens (tertiary/aromatic N) is 1. The van der Waals surface area contributed by atoms with E-state index in [1.54, 1.807) is 6.20 Å². The SMILES string of the molecule is O=C(O)C1CCC(O)(CNCc2ccccn2)CC1. The maximum atomic E-state index is 10.9. The van der Waals surface area contributed by atoms with E-state index in [1.807, 2.05) is 18.2 Å². The number of aliphatic hydroxyl groups is 1. The van der Waals surface area contributed by atoms with Gasteiger partial charge in [-0.05, 0) is 37.8 Å². The minimum absolute atomic E-state index is 0.295. The van der Waals surface area contributed by atoms with Gasteiger partial charge in [-0.3, -0.25) is 9.78 Å². The Labute approximate surface area is 112 Å². The molecule has 1 saturated carbocycles. The van der Waals surface area contributed by atoms with E-state index in [0.29, 0.717) is 38.8 Å². The first-order chi connectivity index (χ1) is 9.09. The van der Waals surface area contributed by atoms with Gasteiger partial charge in [0.05, 0.1) is 17.2 Å². The molecule has 0 aliphatic heterocycles. The van der Waals surface area contributed by atoms with E-state index in [-0.39, 0.29) is 5.92 Å². The van der Waals surface area contributed by atoms with Crippen LogP contribution in [0.25, 0.3) is 0 Å². The quantitative estimate of drug-likeness (QED) is 0.744. The summed E-state index contributed by atoms with van der Waals surface area (Å²) in [4.78, 5) is 15.1. The molecule has 0 unspecified atom stereocenters. The number of hydrogen-bond donors (Lipinski definition) is 3. The van der Waals surface area contributed by atoms with E-state index in [0.717, 1.165) is 5.69 Å². The number of carboxylic acid groups (broad SMARTS) is 1. The van der Waals surface area contributed by atoms with Crippen LogP contribution in [0.15, 0.2) is 24.4 Å². The summed E-state index contributed by atoms with van der Waals surface area (Å²) in [6.45, 7) is 1.10. The monoisotopic (exact) mass is 264 g/mol. The Kier molecular flexibility index (Phi) is 4.50. The van der Waals surface area contributed by atoms with Gasteiger partial charge in [0.1, 0.15) is 0 Å². The molecule has 0 radical (unpaired) electrons. The average molecular weight is 264 g/mol. The molecule has 0 atom stereocenters. The van der Waals surface area contributed by atoms with Crippen molar-refractivity contribution in [3.63, 3.8) is 0 Å². The normalized spacial score (nSPS) is 27.1. The second-order valence-electron chi connectivity index (χ2n) is 5.26. The van der Waals surface area contributed by atoms with Crippen LogP contribution in [0.4, 0.5) is 0 Å². The molecule has 0 amide bonds. The molecular formula is C14H20N2O3. The fraction of sp³-hybridized carbons (Fsp3) is 0.571. The van der Waals surface area contributed by atoms with Gasteiger partial charge in [0, 0.05) is 19.3 Å². The molecule has 1 aliphatic carbocycles. The lowest BCUT2D eigenvalue weighted by atomic mass is 9.79. The maximum Gasteiger partial charge on any atom is 0.306 e. The summed E-state index contributed by atoms with van der Waals surface area (Å²) in [5, 5.41) is 22.5. The number of carboxylic acids is 1. The topological polar surface area (TPSA) is 82.5 Å². The Hall–Kier alpha value is -1.46. The smallest absolute Gasteiger partial charge is 0.306 e. The zero-order valence-corrected chi connectivity index (χ0v) is 10.9. The van der Waals surface area contributed by atoms with Crippen LogP contribution >= 0.6 is 0 Å². The predicted octanol–water partition coefficient (Wildman–Crippen LogP) is 1.18. The highest BCUT2D eigenvalue weighted by molar-refractivity contribution is 5.70. The van der Waals surface area contributed by atoms with Crippen molar-refractivity contribution in [3.8, 4) is 0 Å². The van der Waals surface area contributed by atoms with E-state index in [2.05, 4.69) is 10.3 Å². The Morgan fingerprint density at radius 3 is 2.74 bits per heavy atom. The van der Waals surface area contributed by atoms with Crippen LogP contribution < -0.4 is 5.32 Å². The molecule has 1 aromatic rings. The largest absolute Gasteiger partial charge is 0.481 e. The molecule has 1 heterocycles. The summed E-state index contributed by atoms with van der Waals surface area (Å²) < 4.78 is 0. The second kappa shape index (κ2) is 6.12. The standard InChI is InChI=1S/C14H20N2O3/c17-13(18)11-4-6-14(19,7-5-11)10-15-9-12-3-1-2-8-16-12/h1-3,8,11,15,19H,4-7,9-10H2,(H,17,18). The third-order valence-electron chi connectivity index (χ3n) is 3.75. The lowest BCUT2D eigenvalue weighted by molar-refractivity contribution is -0.144. The van der Waals surface area contributed by atoms with E-state index in [4.69, 9.17) is 5.11 Å². The number of pyridine rings is 1. The highest BCUT2D eigenvalue weighted by Crippen LogP contribution is 2.31. The molecule has 19 heavy (non-hydrogen) atoms. The van der Waals surface area contributed by atoms with Gasteiger partial charge in [-0.1, -0.05) is 6.07 Å². The number of aromatic nitrogens is 1. The van der Waals surface area contributed by atoms with Crippen LogP contribution in [0, 0.1) is 5.92 Å². The second-order valence-corrected chi connectivity index (χ2v) is 5.26. The third kappa shape index (κ3) is 4.01. The summed E-state index contributed by atoms with van der Waals surface area (Å²) in [6, 6.07) is 5.72. The fourth-order valence-corrected chi connectivity index (χ4v) is 2.50. The van der Waals surface area contributed by atoms with Crippen LogP contribution in [0.5, 0.6) is 0 Å². The number of aliphatic carboxylic acids is 1. The molecular weight excluding hydrogens is 244 g/mol. The van der Waals surface area contributed by atoms with Crippen molar-refractivity contribution in [2.75, 3.05) is 6.54 Å². The molecule has 5 nitrogen and oxygen atoms in total. The predicted molar refractivity (Wildman–Crippen MR) is 70.5 cm³/mol. The molecule has 1 aliphatic rings. The molecule has 1 fully saturated rings. The third-order valence-corrected chi connectivity index (χ3v) is 3.75. The van der Waals surface area contributed by atoms with Crippen LogP contribution in [0.2, 0.25) is 0 Å². The first-order valence-corrected chi connectivity index (χ1v) is 6.65. The molecule has 0 spiro atoms. The zero-order chi connectivity index (χ0) is 13.7. The molecule has 104 valence electrons. The van der Waals surface area contributed by atoms with Gasteiger partial charge >= 0.3 is 5.97 Å². The minimum Gasteiger partial charge on any atom is -0.481 e. The van der Waals surface area contributed by atoms with Gasteiger partial charge < -0.3 is 15.5 Å². The molecule has 0 aromatic carbocycles. The fourth-order valence-electron chi connectivity index (χ4n) is 2.50. The van der Waals surface area contributed by atoms with E-state index in [1.165, 1.54) is 0 Å². The first-order valence-electron chi connectivity index (χ1n) is 6.65. The maximum absolute atomic E-state index is 10.9. The first kappa shape index (κ1) is 14.0. The van der Waals surface area contributed by atoms with Gasteiger partial charge in [-0.2, -0.15) is 0 Å². The zero-order valence-electron chi connectivity index (χ0n) is 10.9. The van der Waals surface area contributed by atoms with Crippen molar-refractivity contribution in [2.45, 2.75) is 37.8 Å². The van der Waals surface area contributed by atoms with Crippen molar-refractivity contribution in [2.24, 2.45) is 5.92 Å². The summed E-state index contributed by atoms with van der Waals surface area (Å²) >= 11 is 0. The molecule has 3 N–H and O–H groups in total. The number of rotatable bonds is 5. The van der Waals surface area contributed by atoms with Crippen molar-refractivity contribution in [1.82, 2.24) is 10.3 Å². The van der Waals surface area contributed by atoms with E-state index in [9.17, 15) is 9.90 Å². The number of hydrogen-bond acceptors (Lipinski definition) is 4. The van der Waals surface area contributed by atoms with Crippen molar-refractivity contribution >= 4 is 5.97 Å². The highest BCUT2D eigenvalue weighted by atomic mass is 16.4. The number of carbonyl (C=O) groups is 1. The Morgan fingerprint density at radius 1 is 1.42 bits per heavy atom. The van der Waals surface area contributed by atoms with Crippen LogP contribution in [0.3, 0.4) is 0 Å². The van der Waals surface area contributed by atoms with Crippen molar-refractivity contribution in [1.29, 1.82) is 0 Å². The molecule has 1 aromatic heterocycles. The Balaban J connectivity index is 1.75. The summed E-state index contributed by atoms with van der Waals surface area (Å²) in [7, 11) is 0. The van der Waals surface area contributed by atoms with Crippen molar-refractivity contribution < 1.29 is 15.0 Å². The van der Waals surface area contributed by atoms with Crippen LogP contribution in [-0.2, 0) is 11.3 Å². The summed E-state index contributed by atoms with van der Waals surface area (Å²) in [5.74, 6) is -1.04. The highest BCUT2D eigenvalue weighted by Gasteiger charge is 2.35. The lowest BCUT2D eigenvalue weighted by Gasteiger charge is -2.34. The lowest BCUT2D eigenvalue weighted by Crippen LogP contribution is -2.44. The molecule has 0 saturated heterocycles. The minimum atomic E-state index is -0.777. The average Bonchev–Trinajstić information content (AvgIpc) is 2.40. The van der Waals surface area contributed by atoms with Gasteiger partial charge in [-0.25, -0.2) is 0 Å². The van der Waals surface area contributed by atoms with Crippen LogP contribution in [0.1, 0.15) is 31.4 Å². The molecule has 5 heteroatoms. The summed E-state index contributed by atoms with van der Waals surface area (Å²) in [6.07, 6.45) is 3.93. The van der Waals surface area contributed by atoms with Gasteiger partial charge in [0.15, 0.2) is 0 Å². The van der Waals surface area contributed by atoms with Crippen molar-refractivity contribution in [3.05, 3.63) is 30.1 Å². The van der Waals surface area contributed by atoms with E-state index < -0.39 is 11.6 Å². The van der Waals surface area contributed by atoms with Gasteiger partial charge in [0.25, 0.3) is 0 Å². The number of nitrogens with one attached hydrogen (secondary N) is 1. The van der Waals surface area contributed by atoms with Gasteiger partial charge in [0.2, 0.25) is 0 Å². The Morgan fingerprint density at radius 2 is 2.16 bits per heavy atom. The van der Waals surface area contributed by atoms with Gasteiger partial charge in [-0.15, -0.1) is 0 Å².